The molecule has 1 heterocycles. The first-order valence-electron chi connectivity index (χ1n) is 6.49. The van der Waals surface area contributed by atoms with Crippen molar-refractivity contribution in [1.82, 2.24) is 0 Å². The minimum Gasteiger partial charge on any atom is -0.144 e. The quantitative estimate of drug-likeness (QED) is 0.531. The van der Waals surface area contributed by atoms with E-state index in [4.69, 9.17) is 11.6 Å². The summed E-state index contributed by atoms with van der Waals surface area (Å²) < 4.78 is 1.36. The maximum atomic E-state index is 6.48. The molecular weight excluding hydrogens is 272 g/mol. The highest BCUT2D eigenvalue weighted by molar-refractivity contribution is 7.17. The van der Waals surface area contributed by atoms with Crippen molar-refractivity contribution in [3.8, 4) is 0 Å². The Morgan fingerprint density at radius 1 is 0.947 bits per heavy atom. The van der Waals surface area contributed by atoms with E-state index in [-0.39, 0.29) is 5.38 Å². The van der Waals surface area contributed by atoms with Crippen molar-refractivity contribution in [1.29, 1.82) is 0 Å². The van der Waals surface area contributed by atoms with Gasteiger partial charge in [0.25, 0.3) is 0 Å². The molecule has 0 bridgehead atoms. The van der Waals surface area contributed by atoms with E-state index >= 15 is 0 Å². The van der Waals surface area contributed by atoms with Crippen molar-refractivity contribution >= 4 is 33.0 Å². The summed E-state index contributed by atoms with van der Waals surface area (Å²) in [5, 5.41) is 3.74. The lowest BCUT2D eigenvalue weighted by atomic mass is 10.0. The lowest BCUT2D eigenvalue weighted by Gasteiger charge is -2.09. The van der Waals surface area contributed by atoms with Crippen LogP contribution >= 0.6 is 22.9 Å². The second-order valence-electron chi connectivity index (χ2n) is 4.67. The van der Waals surface area contributed by atoms with Crippen LogP contribution in [-0.4, -0.2) is 0 Å². The molecule has 2 heteroatoms. The highest BCUT2D eigenvalue weighted by Crippen LogP contribution is 2.30. The summed E-state index contributed by atoms with van der Waals surface area (Å²) in [5.74, 6) is 0. The van der Waals surface area contributed by atoms with E-state index in [1.54, 1.807) is 0 Å². The molecule has 2 aromatic carbocycles. The molecule has 19 heavy (non-hydrogen) atoms. The Hall–Kier alpha value is -1.31. The Labute approximate surface area is 122 Å². The lowest BCUT2D eigenvalue weighted by Crippen LogP contribution is -1.93. The number of rotatable bonds is 4. The van der Waals surface area contributed by atoms with E-state index in [0.29, 0.717) is 0 Å². The average Bonchev–Trinajstić information content (AvgIpc) is 2.89. The second-order valence-corrected chi connectivity index (χ2v) is 6.11. The molecule has 1 unspecified atom stereocenters. The van der Waals surface area contributed by atoms with Crippen LogP contribution in [0.25, 0.3) is 10.1 Å². The summed E-state index contributed by atoms with van der Waals surface area (Å²) >= 11 is 8.30. The van der Waals surface area contributed by atoms with Crippen LogP contribution in [-0.2, 0) is 6.42 Å². The van der Waals surface area contributed by atoms with Crippen LogP contribution in [0.1, 0.15) is 22.9 Å². The molecule has 3 aromatic rings. The van der Waals surface area contributed by atoms with E-state index in [0.717, 1.165) is 12.8 Å². The van der Waals surface area contributed by atoms with Gasteiger partial charge in [0.05, 0.1) is 5.38 Å². The molecule has 0 aliphatic carbocycles. The second kappa shape index (κ2) is 5.77. The Morgan fingerprint density at radius 3 is 2.53 bits per heavy atom. The van der Waals surface area contributed by atoms with Crippen LogP contribution < -0.4 is 0 Å². The Balaban J connectivity index is 1.73. The molecule has 1 aromatic heterocycles. The highest BCUT2D eigenvalue weighted by atomic mass is 35.5. The van der Waals surface area contributed by atoms with Crippen LogP contribution in [0.15, 0.2) is 60.0 Å². The van der Waals surface area contributed by atoms with Crippen molar-refractivity contribution in [2.75, 3.05) is 0 Å². The van der Waals surface area contributed by atoms with Crippen molar-refractivity contribution in [3.63, 3.8) is 0 Å². The Morgan fingerprint density at radius 2 is 1.68 bits per heavy atom. The summed E-state index contributed by atoms with van der Waals surface area (Å²) in [4.78, 5) is 0. The van der Waals surface area contributed by atoms with Gasteiger partial charge in [-0.25, -0.2) is 0 Å². The van der Waals surface area contributed by atoms with E-state index in [1.165, 1.54) is 21.2 Å². The molecule has 0 saturated heterocycles. The molecule has 0 saturated carbocycles. The van der Waals surface area contributed by atoms with E-state index in [1.807, 2.05) is 29.5 Å². The van der Waals surface area contributed by atoms with E-state index in [2.05, 4.69) is 41.8 Å². The molecule has 0 nitrogen and oxygen atoms in total. The van der Waals surface area contributed by atoms with Gasteiger partial charge < -0.3 is 0 Å². The number of thiophene rings is 1. The minimum absolute atomic E-state index is 0.0971. The van der Waals surface area contributed by atoms with Gasteiger partial charge in [-0.15, -0.1) is 22.9 Å². The van der Waals surface area contributed by atoms with Crippen LogP contribution in [0.4, 0.5) is 0 Å². The van der Waals surface area contributed by atoms with Gasteiger partial charge in [-0.05, 0) is 40.8 Å². The fourth-order valence-electron chi connectivity index (χ4n) is 2.34. The lowest BCUT2D eigenvalue weighted by molar-refractivity contribution is 0.799. The smallest absolute Gasteiger partial charge is 0.0588 e. The van der Waals surface area contributed by atoms with Crippen LogP contribution in [0.2, 0.25) is 0 Å². The van der Waals surface area contributed by atoms with Crippen LogP contribution in [0.5, 0.6) is 0 Å². The third-order valence-corrected chi connectivity index (χ3v) is 4.87. The number of fused-ring (bicyclic) bond motifs is 1. The molecular formula is C17H15ClS. The fourth-order valence-corrected chi connectivity index (χ4v) is 3.59. The van der Waals surface area contributed by atoms with Gasteiger partial charge in [0.1, 0.15) is 0 Å². The van der Waals surface area contributed by atoms with Crippen LogP contribution in [0, 0.1) is 0 Å². The van der Waals surface area contributed by atoms with Gasteiger partial charge in [-0.2, -0.15) is 0 Å². The number of benzene rings is 2. The zero-order chi connectivity index (χ0) is 13.1. The predicted molar refractivity (Wildman–Crippen MR) is 85.2 cm³/mol. The molecule has 0 amide bonds. The van der Waals surface area contributed by atoms with Gasteiger partial charge >= 0.3 is 0 Å². The zero-order valence-corrected chi connectivity index (χ0v) is 12.1. The molecule has 0 spiro atoms. The summed E-state index contributed by atoms with van der Waals surface area (Å²) in [6, 6.07) is 18.9. The number of hydrogen-bond acceptors (Lipinski definition) is 1. The van der Waals surface area contributed by atoms with Crippen molar-refractivity contribution in [2.45, 2.75) is 18.2 Å². The largest absolute Gasteiger partial charge is 0.144 e. The van der Waals surface area contributed by atoms with Crippen molar-refractivity contribution in [3.05, 3.63) is 71.1 Å². The average molecular weight is 287 g/mol. The topological polar surface area (TPSA) is 0 Å². The fraction of sp³-hybridized carbons (Fsp3) is 0.176. The summed E-state index contributed by atoms with van der Waals surface area (Å²) in [7, 11) is 0. The first-order chi connectivity index (χ1) is 9.34. The monoisotopic (exact) mass is 286 g/mol. The molecule has 0 aliphatic heterocycles. The van der Waals surface area contributed by atoms with Gasteiger partial charge in [-0.1, -0.05) is 48.5 Å². The standard InChI is InChI=1S/C17H15ClS/c18-16(13-6-2-1-3-7-13)11-10-14-12-19-17-9-5-4-8-15(14)17/h1-9,12,16H,10-11H2. The van der Waals surface area contributed by atoms with Gasteiger partial charge in [-0.3, -0.25) is 0 Å². The Bertz CT molecular complexity index is 657. The van der Waals surface area contributed by atoms with Crippen LogP contribution in [0.3, 0.4) is 0 Å². The van der Waals surface area contributed by atoms with Gasteiger partial charge in [0, 0.05) is 4.70 Å². The van der Waals surface area contributed by atoms with Crippen molar-refractivity contribution < 1.29 is 0 Å². The summed E-state index contributed by atoms with van der Waals surface area (Å²) in [5.41, 5.74) is 2.63. The SMILES string of the molecule is ClC(CCc1csc2ccccc12)c1ccccc1. The van der Waals surface area contributed by atoms with E-state index < -0.39 is 0 Å². The minimum atomic E-state index is 0.0971. The molecule has 0 fully saturated rings. The normalized spacial score (nSPS) is 12.7. The molecule has 0 aliphatic rings. The third-order valence-electron chi connectivity index (χ3n) is 3.39. The summed E-state index contributed by atoms with van der Waals surface area (Å²) in [6.45, 7) is 0. The number of alkyl halides is 1. The summed E-state index contributed by atoms with van der Waals surface area (Å²) in [6.07, 6.45) is 2.01. The molecule has 0 N–H and O–H groups in total. The van der Waals surface area contributed by atoms with Crippen molar-refractivity contribution in [2.24, 2.45) is 0 Å². The third kappa shape index (κ3) is 2.83. The Kier molecular flexibility index (Phi) is 3.86. The molecule has 0 radical (unpaired) electrons. The number of hydrogen-bond donors (Lipinski definition) is 0. The van der Waals surface area contributed by atoms with Gasteiger partial charge in [0.15, 0.2) is 0 Å². The number of aryl methyl sites for hydroxylation is 1. The predicted octanol–water partition coefficient (Wildman–Crippen LogP) is 5.81. The maximum Gasteiger partial charge on any atom is 0.0588 e. The molecule has 3 rings (SSSR count). The highest BCUT2D eigenvalue weighted by Gasteiger charge is 2.09. The maximum absolute atomic E-state index is 6.48. The zero-order valence-electron chi connectivity index (χ0n) is 10.6. The van der Waals surface area contributed by atoms with E-state index in [9.17, 15) is 0 Å². The molecule has 96 valence electrons. The first-order valence-corrected chi connectivity index (χ1v) is 7.80. The van der Waals surface area contributed by atoms with Gasteiger partial charge in [0.2, 0.25) is 0 Å². The number of halogens is 1. The molecule has 1 atom stereocenters. The first kappa shape index (κ1) is 12.7.